The summed E-state index contributed by atoms with van der Waals surface area (Å²) in [4.78, 5) is 71.6. The number of nitrogens with one attached hydrogen (secondary N) is 1. The summed E-state index contributed by atoms with van der Waals surface area (Å²) in [7, 11) is 0. The number of benzene rings is 2. The van der Waals surface area contributed by atoms with Crippen LogP contribution < -0.4 is 14.8 Å². The van der Waals surface area contributed by atoms with Gasteiger partial charge in [-0.15, -0.1) is 0 Å². The predicted octanol–water partition coefficient (Wildman–Crippen LogP) is 4.26. The molecule has 0 spiro atoms. The Hall–Kier alpha value is -4.74. The largest absolute Gasteiger partial charge is 0.462 e. The van der Waals surface area contributed by atoms with E-state index in [1.807, 2.05) is 33.8 Å². The van der Waals surface area contributed by atoms with E-state index >= 15 is 0 Å². The normalized spacial score (nSPS) is 10.9. The number of aryl methyl sites for hydroxylation is 2. The molecule has 0 fully saturated rings. The molecular weight excluding hydrogens is 574 g/mol. The number of hydrogen-bond acceptors (Lipinski definition) is 11. The maximum atomic E-state index is 12.9. The average Bonchev–Trinajstić information content (AvgIpc) is 2.88. The van der Waals surface area contributed by atoms with Gasteiger partial charge < -0.3 is 29.0 Å². The number of rotatable bonds is 14. The minimum atomic E-state index is -1.03. The van der Waals surface area contributed by atoms with Crippen LogP contribution in [0.25, 0.3) is 0 Å². The summed E-state index contributed by atoms with van der Waals surface area (Å²) in [5.74, 6) is -2.86. The standard InChI is InChI=1S/C32H39NO11/c1-19-14-20(2)31(32(6,7)16-30(39)42-25-10-8-24(9-11-25)33-21(3)34)27(15-19)44-29(38)13-12-28(37)43-26(17-40-22(4)35)18-41-23(5)36/h8-11,14-15,26H,12-13,16-18H2,1-7H3,(H,33,34). The van der Waals surface area contributed by atoms with Crippen molar-refractivity contribution < 1.29 is 52.5 Å². The van der Waals surface area contributed by atoms with Crippen molar-refractivity contribution in [3.05, 3.63) is 53.1 Å². The maximum absolute atomic E-state index is 12.9. The smallest absolute Gasteiger partial charge is 0.312 e. The van der Waals surface area contributed by atoms with Crippen LogP contribution in [0.2, 0.25) is 0 Å². The highest BCUT2D eigenvalue weighted by atomic mass is 16.6. The molecule has 12 heteroatoms. The van der Waals surface area contributed by atoms with Gasteiger partial charge in [0.25, 0.3) is 0 Å². The number of hydrogen-bond donors (Lipinski definition) is 1. The number of ether oxygens (including phenoxy) is 5. The van der Waals surface area contributed by atoms with Gasteiger partial charge in [0.2, 0.25) is 5.91 Å². The van der Waals surface area contributed by atoms with Crippen molar-refractivity contribution in [3.8, 4) is 11.5 Å². The van der Waals surface area contributed by atoms with Crippen LogP contribution in [0.4, 0.5) is 5.69 Å². The Morgan fingerprint density at radius 1 is 0.773 bits per heavy atom. The van der Waals surface area contributed by atoms with Crippen LogP contribution in [-0.2, 0) is 48.4 Å². The van der Waals surface area contributed by atoms with E-state index in [-0.39, 0.29) is 44.1 Å². The molecule has 2 aromatic rings. The molecule has 0 unspecified atom stereocenters. The molecule has 0 aliphatic rings. The van der Waals surface area contributed by atoms with Crippen molar-refractivity contribution in [2.45, 2.75) is 79.2 Å². The third-order valence-electron chi connectivity index (χ3n) is 6.11. The Balaban J connectivity index is 2.07. The summed E-state index contributed by atoms with van der Waals surface area (Å²) in [6.07, 6.45) is -1.75. The van der Waals surface area contributed by atoms with Crippen LogP contribution in [0, 0.1) is 13.8 Å². The van der Waals surface area contributed by atoms with Crippen LogP contribution in [0.5, 0.6) is 11.5 Å². The molecule has 0 atom stereocenters. The first-order valence-electron chi connectivity index (χ1n) is 13.9. The van der Waals surface area contributed by atoms with Crippen molar-refractivity contribution in [2.75, 3.05) is 18.5 Å². The van der Waals surface area contributed by atoms with Gasteiger partial charge in [-0.1, -0.05) is 19.9 Å². The quantitative estimate of drug-likeness (QED) is 0.184. The molecule has 2 rings (SSSR count). The topological polar surface area (TPSA) is 161 Å². The van der Waals surface area contributed by atoms with Gasteiger partial charge in [0.15, 0.2) is 6.10 Å². The lowest BCUT2D eigenvalue weighted by Crippen LogP contribution is -2.30. The van der Waals surface area contributed by atoms with E-state index in [2.05, 4.69) is 5.32 Å². The van der Waals surface area contributed by atoms with E-state index in [0.29, 0.717) is 17.0 Å². The molecule has 44 heavy (non-hydrogen) atoms. The summed E-state index contributed by atoms with van der Waals surface area (Å²) in [6, 6.07) is 9.96. The highest BCUT2D eigenvalue weighted by molar-refractivity contribution is 5.88. The minimum absolute atomic E-state index is 0.0483. The Kier molecular flexibility index (Phi) is 13.1. The minimum Gasteiger partial charge on any atom is -0.462 e. The third kappa shape index (κ3) is 12.2. The second-order valence-electron chi connectivity index (χ2n) is 10.9. The zero-order chi connectivity index (χ0) is 33.0. The lowest BCUT2D eigenvalue weighted by molar-refractivity contribution is -0.165. The van der Waals surface area contributed by atoms with Crippen molar-refractivity contribution >= 4 is 41.4 Å². The Morgan fingerprint density at radius 3 is 1.89 bits per heavy atom. The SMILES string of the molecule is CC(=O)Nc1ccc(OC(=O)CC(C)(C)c2c(C)cc(C)cc2OC(=O)CCC(=O)OC(COC(C)=O)COC(C)=O)cc1. The van der Waals surface area contributed by atoms with Gasteiger partial charge in [-0.05, 0) is 55.3 Å². The fourth-order valence-electron chi connectivity index (χ4n) is 4.46. The maximum Gasteiger partial charge on any atom is 0.312 e. The molecule has 1 N–H and O–H groups in total. The fourth-order valence-corrected chi connectivity index (χ4v) is 4.46. The average molecular weight is 614 g/mol. The molecule has 0 aliphatic heterocycles. The van der Waals surface area contributed by atoms with E-state index < -0.39 is 41.4 Å². The highest BCUT2D eigenvalue weighted by Crippen LogP contribution is 2.38. The summed E-state index contributed by atoms with van der Waals surface area (Å²) >= 11 is 0. The number of esters is 5. The van der Waals surface area contributed by atoms with E-state index in [4.69, 9.17) is 23.7 Å². The monoisotopic (exact) mass is 613 g/mol. The second-order valence-corrected chi connectivity index (χ2v) is 10.9. The molecule has 0 saturated carbocycles. The molecule has 0 bridgehead atoms. The van der Waals surface area contributed by atoms with Gasteiger partial charge in [0, 0.05) is 37.4 Å². The zero-order valence-electron chi connectivity index (χ0n) is 26.1. The summed E-state index contributed by atoms with van der Waals surface area (Å²) in [5.41, 5.74) is 1.99. The lowest BCUT2D eigenvalue weighted by atomic mass is 9.78. The molecule has 1 amide bonds. The van der Waals surface area contributed by atoms with Gasteiger partial charge in [-0.2, -0.15) is 0 Å². The van der Waals surface area contributed by atoms with Crippen molar-refractivity contribution in [1.82, 2.24) is 0 Å². The van der Waals surface area contributed by atoms with Crippen LogP contribution in [0.1, 0.15) is 70.6 Å². The van der Waals surface area contributed by atoms with E-state index in [1.165, 1.54) is 20.8 Å². The first-order chi connectivity index (χ1) is 20.5. The number of amides is 1. The Labute approximate surface area is 256 Å². The third-order valence-corrected chi connectivity index (χ3v) is 6.11. The van der Waals surface area contributed by atoms with Gasteiger partial charge in [-0.3, -0.25) is 28.8 Å². The molecular formula is C32H39NO11. The van der Waals surface area contributed by atoms with E-state index in [1.54, 1.807) is 30.3 Å². The van der Waals surface area contributed by atoms with E-state index in [9.17, 15) is 28.8 Å². The van der Waals surface area contributed by atoms with Crippen molar-refractivity contribution in [1.29, 1.82) is 0 Å². The second kappa shape index (κ2) is 16.2. The fraction of sp³-hybridized carbons (Fsp3) is 0.438. The Morgan fingerprint density at radius 2 is 1.34 bits per heavy atom. The molecule has 0 aromatic heterocycles. The van der Waals surface area contributed by atoms with Crippen molar-refractivity contribution in [2.24, 2.45) is 0 Å². The lowest BCUT2D eigenvalue weighted by Gasteiger charge is -2.28. The van der Waals surface area contributed by atoms with Crippen LogP contribution in [0.3, 0.4) is 0 Å². The molecule has 0 heterocycles. The zero-order valence-corrected chi connectivity index (χ0v) is 26.1. The molecule has 238 valence electrons. The first-order valence-corrected chi connectivity index (χ1v) is 13.9. The number of carbonyl (C=O) groups is 6. The van der Waals surface area contributed by atoms with Gasteiger partial charge >= 0.3 is 29.8 Å². The summed E-state index contributed by atoms with van der Waals surface area (Å²) in [5, 5.41) is 2.64. The first kappa shape index (κ1) is 35.5. The molecule has 12 nitrogen and oxygen atoms in total. The van der Waals surface area contributed by atoms with Crippen LogP contribution in [0.15, 0.2) is 36.4 Å². The predicted molar refractivity (Wildman–Crippen MR) is 158 cm³/mol. The van der Waals surface area contributed by atoms with Gasteiger partial charge in [0.05, 0.1) is 19.3 Å². The van der Waals surface area contributed by atoms with E-state index in [0.717, 1.165) is 11.1 Å². The van der Waals surface area contributed by atoms with Crippen LogP contribution in [-0.4, -0.2) is 55.1 Å². The van der Waals surface area contributed by atoms with Gasteiger partial charge in [0.1, 0.15) is 24.7 Å². The van der Waals surface area contributed by atoms with Gasteiger partial charge in [-0.25, -0.2) is 0 Å². The summed E-state index contributed by atoms with van der Waals surface area (Å²) in [6.45, 7) is 10.5. The van der Waals surface area contributed by atoms with Crippen molar-refractivity contribution in [3.63, 3.8) is 0 Å². The summed E-state index contributed by atoms with van der Waals surface area (Å²) < 4.78 is 26.1. The highest BCUT2D eigenvalue weighted by Gasteiger charge is 2.31. The molecule has 2 aromatic carbocycles. The van der Waals surface area contributed by atoms with Crippen LogP contribution >= 0.6 is 0 Å². The molecule has 0 radical (unpaired) electrons. The number of carbonyl (C=O) groups excluding carboxylic acids is 6. The number of anilines is 1. The Bertz CT molecular complexity index is 1360. The molecule has 0 aliphatic carbocycles. The molecule has 0 saturated heterocycles.